The van der Waals surface area contributed by atoms with Crippen LogP contribution in [-0.4, -0.2) is 13.4 Å². The van der Waals surface area contributed by atoms with Crippen molar-refractivity contribution in [2.24, 2.45) is 0 Å². The zero-order valence-electron chi connectivity index (χ0n) is 35.5. The number of para-hydroxylation sites is 4. The van der Waals surface area contributed by atoms with Crippen LogP contribution in [0.3, 0.4) is 0 Å². The van der Waals surface area contributed by atoms with Gasteiger partial charge in [0.2, 0.25) is 0 Å². The lowest BCUT2D eigenvalue weighted by Crippen LogP contribution is -2.64. The number of nitrogens with zero attached hydrogens (tertiary/aromatic N) is 4. The molecule has 6 heterocycles. The number of hydrogen-bond acceptors (Lipinski definition) is 6. The normalized spacial score (nSPS) is 13.9. The average Bonchev–Trinajstić information content (AvgIpc) is 3.96. The van der Waals surface area contributed by atoms with Gasteiger partial charge in [-0.2, -0.15) is 0 Å². The first-order valence-electron chi connectivity index (χ1n) is 22.7. The molecule has 8 heteroatoms. The van der Waals surface area contributed by atoms with Crippen LogP contribution < -0.4 is 51.7 Å². The van der Waals surface area contributed by atoms with Crippen molar-refractivity contribution in [2.75, 3.05) is 19.6 Å². The fraction of sp³-hybridized carbons (Fsp3) is 0. The summed E-state index contributed by atoms with van der Waals surface area (Å²) in [6.07, 6.45) is 0. The summed E-state index contributed by atoms with van der Waals surface area (Å²) in [7, 11) is 0. The molecular weight excluding hydrogens is 838 g/mol. The number of hydrogen-bond donors (Lipinski definition) is 0. The van der Waals surface area contributed by atoms with Crippen LogP contribution in [0.2, 0.25) is 0 Å². The Balaban J connectivity index is 1.08. The smallest absolute Gasteiger partial charge is 0.264 e. The lowest BCUT2D eigenvalue weighted by atomic mass is 9.31. The average molecular weight is 875 g/mol. The maximum Gasteiger partial charge on any atom is 0.264 e. The molecule has 4 aliphatic rings. The zero-order chi connectivity index (χ0) is 43.0. The van der Waals surface area contributed by atoms with E-state index < -0.39 is 0 Å². The molecule has 0 fully saturated rings. The summed E-state index contributed by atoms with van der Waals surface area (Å²) in [5.74, 6) is 0. The van der Waals surface area contributed by atoms with Crippen LogP contribution in [0.4, 0.5) is 67.6 Å². The molecule has 0 spiro atoms. The van der Waals surface area contributed by atoms with Crippen molar-refractivity contribution in [3.63, 3.8) is 0 Å². The summed E-state index contributed by atoms with van der Waals surface area (Å²) >= 11 is 3.87. The van der Waals surface area contributed by atoms with Crippen LogP contribution >= 0.6 is 22.7 Å². The second-order valence-electron chi connectivity index (χ2n) is 17.6. The van der Waals surface area contributed by atoms with Gasteiger partial charge in [-0.25, -0.2) is 0 Å². The van der Waals surface area contributed by atoms with Crippen molar-refractivity contribution >= 4 is 156 Å². The van der Waals surface area contributed by atoms with E-state index in [-0.39, 0.29) is 13.4 Å². The molecule has 0 radical (unpaired) electrons. The predicted octanol–water partition coefficient (Wildman–Crippen LogP) is 12.3. The van der Waals surface area contributed by atoms with E-state index in [1.54, 1.807) is 0 Å². The molecule has 15 rings (SSSR count). The molecule has 0 bridgehead atoms. The molecule has 306 valence electrons. The summed E-state index contributed by atoms with van der Waals surface area (Å²) in [5.41, 5.74) is 19.9. The summed E-state index contributed by atoms with van der Waals surface area (Å²) in [6, 6.07) is 81.2. The molecule has 0 atom stereocenters. The summed E-state index contributed by atoms with van der Waals surface area (Å²) < 4.78 is 3.99. The van der Waals surface area contributed by atoms with Crippen LogP contribution in [0.5, 0.6) is 0 Å². The standard InChI is InChI=1S/C58H36B2N4S2/c1-5-19-37(20-6-1)61-45-29-18-32-48-54(45)59(53-41-27-13-15-33-51(41)66-58(53)64(48)40-25-11-4-12-26-40)43-35-44-50(36-49(43)61)62(38-21-7-2-8-22-38)46-30-17-31-47-55(46)60(44)57-56(42-28-14-16-34-52(42)65-57)63(47)39-23-9-3-10-24-39/h1-36H. The molecule has 66 heavy (non-hydrogen) atoms. The lowest BCUT2D eigenvalue weighted by Gasteiger charge is -2.46. The zero-order valence-corrected chi connectivity index (χ0v) is 37.2. The van der Waals surface area contributed by atoms with Crippen LogP contribution in [0.1, 0.15) is 0 Å². The lowest BCUT2D eigenvalue weighted by molar-refractivity contribution is 1.24. The van der Waals surface area contributed by atoms with E-state index >= 15 is 0 Å². The van der Waals surface area contributed by atoms with Gasteiger partial charge in [-0.3, -0.25) is 0 Å². The van der Waals surface area contributed by atoms with E-state index in [1.807, 2.05) is 22.7 Å². The Kier molecular flexibility index (Phi) is 7.68. The quantitative estimate of drug-likeness (QED) is 0.163. The fourth-order valence-electron chi connectivity index (χ4n) is 11.7. The van der Waals surface area contributed by atoms with Gasteiger partial charge in [-0.1, -0.05) is 127 Å². The monoisotopic (exact) mass is 874 g/mol. The van der Waals surface area contributed by atoms with Crippen molar-refractivity contribution in [1.29, 1.82) is 0 Å². The highest BCUT2D eigenvalue weighted by atomic mass is 32.1. The molecule has 2 aromatic heterocycles. The Labute approximate surface area is 391 Å². The van der Waals surface area contributed by atoms with Crippen LogP contribution in [0, 0.1) is 0 Å². The molecule has 0 unspecified atom stereocenters. The number of anilines is 12. The third-order valence-electron chi connectivity index (χ3n) is 14.2. The van der Waals surface area contributed by atoms with Gasteiger partial charge in [-0.05, 0) is 124 Å². The van der Waals surface area contributed by atoms with E-state index in [0.717, 1.165) is 11.4 Å². The van der Waals surface area contributed by atoms with Gasteiger partial charge in [0, 0.05) is 76.4 Å². The number of fused-ring (bicyclic) bond motifs is 12. The number of rotatable bonds is 4. The van der Waals surface area contributed by atoms with Gasteiger partial charge in [0.05, 0.1) is 10.7 Å². The van der Waals surface area contributed by atoms with E-state index in [0.29, 0.717) is 0 Å². The van der Waals surface area contributed by atoms with Gasteiger partial charge in [-0.15, -0.1) is 22.7 Å². The summed E-state index contributed by atoms with van der Waals surface area (Å²) in [5, 5.41) is 3.90. The minimum atomic E-state index is -0.0179. The van der Waals surface area contributed by atoms with E-state index in [9.17, 15) is 0 Å². The minimum absolute atomic E-state index is 0.00580. The topological polar surface area (TPSA) is 13.0 Å². The highest BCUT2D eigenvalue weighted by molar-refractivity contribution is 7.34. The highest BCUT2D eigenvalue weighted by Gasteiger charge is 2.49. The Morgan fingerprint density at radius 1 is 0.303 bits per heavy atom. The Bertz CT molecular complexity index is 3760. The minimum Gasteiger partial charge on any atom is -0.311 e. The molecule has 4 aliphatic heterocycles. The van der Waals surface area contributed by atoms with Crippen molar-refractivity contribution < 1.29 is 0 Å². The Morgan fingerprint density at radius 3 is 1.30 bits per heavy atom. The van der Waals surface area contributed by atoms with Gasteiger partial charge in [0.25, 0.3) is 13.4 Å². The van der Waals surface area contributed by atoms with Crippen molar-refractivity contribution in [3.8, 4) is 0 Å². The van der Waals surface area contributed by atoms with E-state index in [1.165, 1.54) is 108 Å². The van der Waals surface area contributed by atoms with Crippen molar-refractivity contribution in [1.82, 2.24) is 0 Å². The predicted molar refractivity (Wildman–Crippen MR) is 285 cm³/mol. The van der Waals surface area contributed by atoms with Gasteiger partial charge >= 0.3 is 0 Å². The second kappa shape index (κ2) is 13.9. The second-order valence-corrected chi connectivity index (χ2v) is 19.7. The van der Waals surface area contributed by atoms with Crippen LogP contribution in [0.25, 0.3) is 20.2 Å². The van der Waals surface area contributed by atoms with Gasteiger partial charge < -0.3 is 19.6 Å². The van der Waals surface area contributed by atoms with Crippen molar-refractivity contribution in [2.45, 2.75) is 0 Å². The van der Waals surface area contributed by atoms with Crippen LogP contribution in [0.15, 0.2) is 218 Å². The molecule has 0 N–H and O–H groups in total. The molecule has 0 saturated carbocycles. The Hall–Kier alpha value is -7.77. The van der Waals surface area contributed by atoms with Crippen LogP contribution in [-0.2, 0) is 0 Å². The van der Waals surface area contributed by atoms with Crippen molar-refractivity contribution in [3.05, 3.63) is 218 Å². The largest absolute Gasteiger partial charge is 0.311 e. The maximum absolute atomic E-state index is 2.64. The number of benzene rings is 9. The maximum atomic E-state index is 2.64. The van der Waals surface area contributed by atoms with Gasteiger partial charge in [0.15, 0.2) is 0 Å². The molecule has 11 aromatic rings. The molecule has 0 aliphatic carbocycles. The Morgan fingerprint density at radius 2 is 0.727 bits per heavy atom. The summed E-state index contributed by atoms with van der Waals surface area (Å²) in [6.45, 7) is -0.0237. The first kappa shape index (κ1) is 36.6. The molecule has 0 amide bonds. The van der Waals surface area contributed by atoms with Gasteiger partial charge in [0.1, 0.15) is 0 Å². The fourth-order valence-corrected chi connectivity index (χ4v) is 14.2. The van der Waals surface area contributed by atoms with E-state index in [4.69, 9.17) is 0 Å². The third kappa shape index (κ3) is 4.95. The molecule has 9 aromatic carbocycles. The SMILES string of the molecule is c1ccc(N2c3cc4c(cc3B3c5c2cccc5N(c2ccccc2)c2sc5ccccc5c23)B2c3sc5ccccc5c3N(c3ccccc3)c3cccc(c32)N4c2ccccc2)cc1. The third-order valence-corrected chi connectivity index (χ3v) is 16.6. The molecular formula is C58H36B2N4S2. The van der Waals surface area contributed by atoms with E-state index in [2.05, 4.69) is 238 Å². The highest BCUT2D eigenvalue weighted by Crippen LogP contribution is 2.51. The number of thiophene rings is 2. The first-order chi connectivity index (χ1) is 32.8. The molecule has 0 saturated heterocycles. The first-order valence-corrected chi connectivity index (χ1v) is 24.3. The molecule has 4 nitrogen and oxygen atoms in total. The summed E-state index contributed by atoms with van der Waals surface area (Å²) in [4.78, 5) is 10.2.